The Kier molecular flexibility index (Phi) is 3.28. The Morgan fingerprint density at radius 3 is 2.00 bits per heavy atom. The molecular weight excluding hydrogens is 230 g/mol. The van der Waals surface area contributed by atoms with Gasteiger partial charge in [0.25, 0.3) is 0 Å². The fraction of sp³-hybridized carbons (Fsp3) is 0.167. The minimum atomic E-state index is 0.428. The minimum absolute atomic E-state index is 0.428. The Bertz CT molecular complexity index is 609. The van der Waals surface area contributed by atoms with Gasteiger partial charge in [0.05, 0.1) is 11.4 Å². The van der Waals surface area contributed by atoms with E-state index in [4.69, 9.17) is 4.99 Å². The first-order chi connectivity index (χ1) is 9.38. The molecular formula is C18H17N. The summed E-state index contributed by atoms with van der Waals surface area (Å²) in [6.45, 7) is 2.22. The lowest BCUT2D eigenvalue weighted by Gasteiger charge is -2.08. The van der Waals surface area contributed by atoms with E-state index in [0.717, 1.165) is 12.1 Å². The van der Waals surface area contributed by atoms with E-state index in [-0.39, 0.29) is 0 Å². The molecule has 1 nitrogen and oxygen atoms in total. The minimum Gasteiger partial charge on any atom is -0.252 e. The molecule has 2 aromatic carbocycles. The molecule has 0 spiro atoms. The first-order valence-electron chi connectivity index (χ1n) is 6.79. The smallest absolute Gasteiger partial charge is 0.0672 e. The summed E-state index contributed by atoms with van der Waals surface area (Å²) in [6, 6.07) is 20.9. The molecule has 0 fully saturated rings. The summed E-state index contributed by atoms with van der Waals surface area (Å²) in [5, 5.41) is 0. The van der Waals surface area contributed by atoms with Crippen molar-refractivity contribution >= 4 is 11.4 Å². The molecule has 94 valence electrons. The van der Waals surface area contributed by atoms with Gasteiger partial charge in [-0.1, -0.05) is 67.6 Å². The molecule has 0 saturated heterocycles. The van der Waals surface area contributed by atoms with Crippen molar-refractivity contribution < 1.29 is 0 Å². The summed E-state index contributed by atoms with van der Waals surface area (Å²) in [5.74, 6) is 0.428. The Balaban J connectivity index is 1.99. The fourth-order valence-corrected chi connectivity index (χ4v) is 2.49. The number of allylic oxidation sites excluding steroid dienone is 1. The quantitative estimate of drug-likeness (QED) is 0.754. The topological polar surface area (TPSA) is 12.4 Å². The van der Waals surface area contributed by atoms with Crippen LogP contribution in [0.5, 0.6) is 0 Å². The van der Waals surface area contributed by atoms with Gasteiger partial charge in [0.2, 0.25) is 0 Å². The maximum Gasteiger partial charge on any atom is 0.0672 e. The van der Waals surface area contributed by atoms with E-state index in [1.807, 2.05) is 12.1 Å². The van der Waals surface area contributed by atoms with Crippen LogP contribution in [-0.2, 0) is 0 Å². The number of benzene rings is 2. The van der Waals surface area contributed by atoms with Gasteiger partial charge in [-0.2, -0.15) is 0 Å². The number of hydrogen-bond donors (Lipinski definition) is 0. The first kappa shape index (κ1) is 11.9. The lowest BCUT2D eigenvalue weighted by atomic mass is 9.95. The zero-order valence-corrected chi connectivity index (χ0v) is 11.1. The SMILES string of the molecule is CCC1C=C(c2ccccc2)N=C1c1ccccc1. The van der Waals surface area contributed by atoms with E-state index in [2.05, 4.69) is 61.5 Å². The van der Waals surface area contributed by atoms with Gasteiger partial charge in [0, 0.05) is 5.92 Å². The number of aliphatic imine (C=N–C) groups is 1. The van der Waals surface area contributed by atoms with E-state index in [1.165, 1.54) is 16.8 Å². The van der Waals surface area contributed by atoms with Crippen LogP contribution in [0.2, 0.25) is 0 Å². The molecule has 1 aliphatic heterocycles. The average molecular weight is 247 g/mol. The molecule has 0 saturated carbocycles. The molecule has 19 heavy (non-hydrogen) atoms. The van der Waals surface area contributed by atoms with Crippen LogP contribution in [0.4, 0.5) is 0 Å². The highest BCUT2D eigenvalue weighted by Crippen LogP contribution is 2.30. The van der Waals surface area contributed by atoms with Gasteiger partial charge in [-0.25, -0.2) is 0 Å². The highest BCUT2D eigenvalue weighted by molar-refractivity contribution is 6.09. The van der Waals surface area contributed by atoms with Crippen LogP contribution in [0.25, 0.3) is 5.70 Å². The van der Waals surface area contributed by atoms with Crippen LogP contribution in [0.15, 0.2) is 71.7 Å². The van der Waals surface area contributed by atoms with E-state index < -0.39 is 0 Å². The van der Waals surface area contributed by atoms with Crippen LogP contribution in [0.3, 0.4) is 0 Å². The second-order valence-corrected chi connectivity index (χ2v) is 4.80. The predicted molar refractivity (Wildman–Crippen MR) is 81.2 cm³/mol. The maximum atomic E-state index is 4.86. The van der Waals surface area contributed by atoms with Crippen molar-refractivity contribution in [1.82, 2.24) is 0 Å². The average Bonchev–Trinajstić information content (AvgIpc) is 2.93. The molecule has 1 aliphatic rings. The van der Waals surface area contributed by atoms with Gasteiger partial charge in [-0.05, 0) is 23.6 Å². The summed E-state index contributed by atoms with van der Waals surface area (Å²) in [4.78, 5) is 4.86. The molecule has 1 unspecified atom stereocenters. The summed E-state index contributed by atoms with van der Waals surface area (Å²) >= 11 is 0. The van der Waals surface area contributed by atoms with Crippen LogP contribution < -0.4 is 0 Å². The van der Waals surface area contributed by atoms with E-state index in [1.54, 1.807) is 0 Å². The van der Waals surface area contributed by atoms with Crippen molar-refractivity contribution in [3.05, 3.63) is 77.9 Å². The Labute approximate surface area is 114 Å². The molecule has 3 rings (SSSR count). The van der Waals surface area contributed by atoms with Gasteiger partial charge in [-0.3, -0.25) is 4.99 Å². The van der Waals surface area contributed by atoms with Gasteiger partial charge in [0.15, 0.2) is 0 Å². The third-order valence-electron chi connectivity index (χ3n) is 3.53. The molecule has 1 heterocycles. The maximum absolute atomic E-state index is 4.86. The van der Waals surface area contributed by atoms with E-state index in [9.17, 15) is 0 Å². The molecule has 0 aromatic heterocycles. The van der Waals surface area contributed by atoms with Crippen LogP contribution >= 0.6 is 0 Å². The van der Waals surface area contributed by atoms with Crippen molar-refractivity contribution in [2.24, 2.45) is 10.9 Å². The normalized spacial score (nSPS) is 18.1. The zero-order valence-electron chi connectivity index (χ0n) is 11.1. The lowest BCUT2D eigenvalue weighted by Crippen LogP contribution is -2.09. The second kappa shape index (κ2) is 5.23. The summed E-state index contributed by atoms with van der Waals surface area (Å²) < 4.78 is 0. The standard InChI is InChI=1S/C18H17N/c1-2-14-13-17(15-9-5-3-6-10-15)19-18(14)16-11-7-4-8-12-16/h3-14H,2H2,1H3. The lowest BCUT2D eigenvalue weighted by molar-refractivity contribution is 0.829. The van der Waals surface area contributed by atoms with Gasteiger partial charge < -0.3 is 0 Å². The van der Waals surface area contributed by atoms with Crippen molar-refractivity contribution in [3.8, 4) is 0 Å². The molecule has 0 amide bonds. The molecule has 1 atom stereocenters. The van der Waals surface area contributed by atoms with Crippen LogP contribution in [0, 0.1) is 5.92 Å². The van der Waals surface area contributed by atoms with Gasteiger partial charge in [0.1, 0.15) is 0 Å². The first-order valence-corrected chi connectivity index (χ1v) is 6.79. The van der Waals surface area contributed by atoms with Crippen molar-refractivity contribution in [2.75, 3.05) is 0 Å². The Hall–Kier alpha value is -2.15. The highest BCUT2D eigenvalue weighted by Gasteiger charge is 2.21. The molecule has 0 aliphatic carbocycles. The van der Waals surface area contributed by atoms with E-state index in [0.29, 0.717) is 5.92 Å². The molecule has 2 aromatic rings. The molecule has 1 heteroatoms. The van der Waals surface area contributed by atoms with Gasteiger partial charge >= 0.3 is 0 Å². The number of rotatable bonds is 3. The molecule has 0 N–H and O–H groups in total. The molecule has 0 bridgehead atoms. The molecule has 0 radical (unpaired) electrons. The monoisotopic (exact) mass is 247 g/mol. The Morgan fingerprint density at radius 1 is 0.842 bits per heavy atom. The highest BCUT2D eigenvalue weighted by atomic mass is 14.8. The fourth-order valence-electron chi connectivity index (χ4n) is 2.49. The summed E-state index contributed by atoms with van der Waals surface area (Å²) in [6.07, 6.45) is 3.38. The third-order valence-corrected chi connectivity index (χ3v) is 3.53. The van der Waals surface area contributed by atoms with Gasteiger partial charge in [-0.15, -0.1) is 0 Å². The summed E-state index contributed by atoms with van der Waals surface area (Å²) in [5.41, 5.74) is 4.73. The zero-order chi connectivity index (χ0) is 13.1. The van der Waals surface area contributed by atoms with E-state index >= 15 is 0 Å². The van der Waals surface area contributed by atoms with Crippen molar-refractivity contribution in [1.29, 1.82) is 0 Å². The predicted octanol–water partition coefficient (Wildman–Crippen LogP) is 4.56. The van der Waals surface area contributed by atoms with Crippen LogP contribution in [-0.4, -0.2) is 5.71 Å². The van der Waals surface area contributed by atoms with Crippen molar-refractivity contribution in [2.45, 2.75) is 13.3 Å². The number of nitrogens with zero attached hydrogens (tertiary/aromatic N) is 1. The van der Waals surface area contributed by atoms with Crippen LogP contribution in [0.1, 0.15) is 24.5 Å². The van der Waals surface area contributed by atoms with Crippen molar-refractivity contribution in [3.63, 3.8) is 0 Å². The Morgan fingerprint density at radius 2 is 1.42 bits per heavy atom. The number of hydrogen-bond acceptors (Lipinski definition) is 1. The summed E-state index contributed by atoms with van der Waals surface area (Å²) in [7, 11) is 0. The third kappa shape index (κ3) is 2.37. The largest absolute Gasteiger partial charge is 0.252 e. The second-order valence-electron chi connectivity index (χ2n) is 4.80.